The Labute approximate surface area is 344 Å². The first-order valence-electron chi connectivity index (χ1n) is 14.4. The number of pyridine rings is 4. The van der Waals surface area contributed by atoms with Crippen LogP contribution in [-0.4, -0.2) is 60.2 Å². The molecule has 0 aliphatic carbocycles. The number of hydrogen-bond donors (Lipinski definition) is 3. The van der Waals surface area contributed by atoms with Crippen molar-refractivity contribution in [2.24, 2.45) is 5.73 Å². The fourth-order valence-electron chi connectivity index (χ4n) is 2.90. The largest absolute Gasteiger partial charge is 0.364 e. The minimum Gasteiger partial charge on any atom is -0.364 e. The van der Waals surface area contributed by atoms with Gasteiger partial charge in [-0.2, -0.15) is 5.26 Å². The molecule has 0 fully saturated rings. The van der Waals surface area contributed by atoms with Crippen molar-refractivity contribution in [1.82, 2.24) is 30.1 Å². The van der Waals surface area contributed by atoms with E-state index in [1.165, 1.54) is 43.0 Å². The molecule has 4 rings (SSSR count). The second-order valence-electron chi connectivity index (χ2n) is 10.5. The molecule has 2 unspecified atom stereocenters. The van der Waals surface area contributed by atoms with Crippen LogP contribution in [0.3, 0.4) is 0 Å². The first-order valence-corrected chi connectivity index (χ1v) is 18.7. The molecule has 23 heteroatoms. The number of aromatic nitrogens is 4. The van der Waals surface area contributed by atoms with E-state index in [4.69, 9.17) is 11.0 Å². The van der Waals surface area contributed by atoms with Gasteiger partial charge < -0.3 is 10.6 Å². The first kappa shape index (κ1) is 50.4. The number of hydroxylamine groups is 1. The summed E-state index contributed by atoms with van der Waals surface area (Å²) in [5.41, 5.74) is 6.54. The molecular weight excluding hydrogens is 1000 g/mol. The van der Waals surface area contributed by atoms with Gasteiger partial charge in [-0.05, 0) is 110 Å². The summed E-state index contributed by atoms with van der Waals surface area (Å²) >= 11 is 12.2. The SMILES string of the molecule is CC(NS(=O)C(C)(C)C)c1ncc(Br)cc1F.CNOC.N#Cc1ncc(Br)cc1[N+](=O)[O-].NC(=O)c1ncc(Br)cc1F.O=Cc1ncc(Br)cc1F. The third kappa shape index (κ3) is 19.1. The standard InChI is InChI=1S/C11H16BrFN2OS.C6H4BrFN2O.C6H3BrFNO.C6H2BrN3O2.C2H7NO/c1-7(15-17(16)11(2,3)4)10-9(13)5-8(12)6-14-10;7-3-1-4(8)5(6(9)11)10-2-3;7-4-1-5(8)6(3-10)9-2-4;7-4-1-6(10(11)12)5(2-8)9-3-4;1-3-4-2/h5-7,15H,1-4H3;1-2H,(H2,9,11);1-3H;1,3H;3H,1-2H3. The minimum absolute atomic E-state index is 0.164. The van der Waals surface area contributed by atoms with E-state index in [-0.39, 0.29) is 33.2 Å². The predicted molar refractivity (Wildman–Crippen MR) is 208 cm³/mol. The molecule has 0 spiro atoms. The number of halogens is 7. The lowest BCUT2D eigenvalue weighted by molar-refractivity contribution is -0.385. The Morgan fingerprint density at radius 3 is 1.83 bits per heavy atom. The van der Waals surface area contributed by atoms with E-state index in [1.807, 2.05) is 20.8 Å². The number of amides is 1. The van der Waals surface area contributed by atoms with Crippen molar-refractivity contribution in [2.45, 2.75) is 38.5 Å². The number of aldehydes is 1. The van der Waals surface area contributed by atoms with E-state index >= 15 is 0 Å². The molecule has 4 heterocycles. The lowest BCUT2D eigenvalue weighted by Gasteiger charge is -2.21. The predicted octanol–water partition coefficient (Wildman–Crippen LogP) is 7.36. The van der Waals surface area contributed by atoms with Crippen LogP contribution in [0.25, 0.3) is 0 Å². The summed E-state index contributed by atoms with van der Waals surface area (Å²) in [6.07, 6.45) is 5.92. The van der Waals surface area contributed by atoms with Crippen molar-refractivity contribution < 1.29 is 36.7 Å². The summed E-state index contributed by atoms with van der Waals surface area (Å²) in [6, 6.07) is 6.14. The van der Waals surface area contributed by atoms with Crippen molar-refractivity contribution in [3.05, 3.63) is 117 Å². The highest BCUT2D eigenvalue weighted by molar-refractivity contribution is 9.11. The summed E-state index contributed by atoms with van der Waals surface area (Å²) in [7, 11) is 2.03. The molecule has 4 N–H and O–H groups in total. The monoisotopic (exact) mass is 1030 g/mol. The number of hydrogen-bond acceptors (Lipinski definition) is 12. The summed E-state index contributed by atoms with van der Waals surface area (Å²) in [4.78, 5) is 49.0. The molecule has 0 saturated heterocycles. The summed E-state index contributed by atoms with van der Waals surface area (Å²) in [5.74, 6) is -2.60. The Hall–Kier alpha value is -3.63. The van der Waals surface area contributed by atoms with E-state index in [0.29, 0.717) is 24.2 Å². The van der Waals surface area contributed by atoms with Crippen LogP contribution >= 0.6 is 63.7 Å². The van der Waals surface area contributed by atoms with Crippen molar-refractivity contribution in [2.75, 3.05) is 14.2 Å². The highest BCUT2D eigenvalue weighted by Crippen LogP contribution is 2.21. The van der Waals surface area contributed by atoms with Gasteiger partial charge in [0.05, 0.1) is 39.5 Å². The fourth-order valence-corrected chi connectivity index (χ4v) is 4.91. The number of carbonyl (C=O) groups excluding carboxylic acids is 2. The Morgan fingerprint density at radius 2 is 1.43 bits per heavy atom. The van der Waals surface area contributed by atoms with E-state index in [9.17, 15) is 37.1 Å². The van der Waals surface area contributed by atoms with Gasteiger partial charge in [0.15, 0.2) is 23.6 Å². The van der Waals surface area contributed by atoms with E-state index in [2.05, 4.69) is 98.7 Å². The molecule has 15 nitrogen and oxygen atoms in total. The van der Waals surface area contributed by atoms with Crippen LogP contribution in [0, 0.1) is 38.9 Å². The molecule has 0 aliphatic rings. The van der Waals surface area contributed by atoms with Crippen molar-refractivity contribution in [1.29, 1.82) is 5.26 Å². The van der Waals surface area contributed by atoms with Crippen LogP contribution < -0.4 is 15.9 Å². The zero-order valence-corrected chi connectivity index (χ0v) is 36.2. The van der Waals surface area contributed by atoms with Crippen LogP contribution in [0.2, 0.25) is 0 Å². The molecule has 0 radical (unpaired) electrons. The van der Waals surface area contributed by atoms with Gasteiger partial charge in [-0.25, -0.2) is 42.5 Å². The highest BCUT2D eigenvalue weighted by atomic mass is 79.9. The lowest BCUT2D eigenvalue weighted by atomic mass is 10.2. The maximum atomic E-state index is 13.6. The molecule has 0 aromatic carbocycles. The number of rotatable bonds is 7. The Balaban J connectivity index is 0.000000683. The summed E-state index contributed by atoms with van der Waals surface area (Å²) < 4.78 is 55.2. The number of nitro groups is 1. The van der Waals surface area contributed by atoms with Gasteiger partial charge in [0.2, 0.25) is 5.69 Å². The average Bonchev–Trinajstić information content (AvgIpc) is 3.08. The number of nitrogens with one attached hydrogen (secondary N) is 2. The average molecular weight is 1040 g/mol. The Kier molecular flexibility index (Phi) is 23.7. The fraction of sp³-hybridized carbons (Fsp3) is 0.258. The smallest absolute Gasteiger partial charge is 0.306 e. The minimum atomic E-state index is -1.25. The second kappa shape index (κ2) is 25.4. The molecule has 0 saturated carbocycles. The van der Waals surface area contributed by atoms with Gasteiger partial charge in [-0.1, -0.05) is 0 Å². The van der Waals surface area contributed by atoms with Crippen LogP contribution in [0.15, 0.2) is 66.9 Å². The van der Waals surface area contributed by atoms with Gasteiger partial charge in [0.1, 0.15) is 17.6 Å². The van der Waals surface area contributed by atoms with Crippen molar-refractivity contribution >= 4 is 92.6 Å². The molecule has 2 atom stereocenters. The van der Waals surface area contributed by atoms with Crippen LogP contribution in [0.5, 0.6) is 0 Å². The zero-order chi connectivity index (χ0) is 41.8. The lowest BCUT2D eigenvalue weighted by Crippen LogP contribution is -2.35. The molecule has 54 heavy (non-hydrogen) atoms. The number of carbonyl (C=O) groups is 2. The maximum Gasteiger partial charge on any atom is 0.306 e. The number of nitrogens with two attached hydrogens (primary N) is 1. The summed E-state index contributed by atoms with van der Waals surface area (Å²) in [6.45, 7) is 7.31. The van der Waals surface area contributed by atoms with E-state index in [1.54, 1.807) is 27.2 Å². The zero-order valence-electron chi connectivity index (χ0n) is 29.0. The van der Waals surface area contributed by atoms with Gasteiger partial charge >= 0.3 is 5.69 Å². The molecule has 1 amide bonds. The topological polar surface area (TPSA) is 229 Å². The molecule has 4 aromatic heterocycles. The third-order valence-corrected chi connectivity index (χ3v) is 8.83. The van der Waals surface area contributed by atoms with Gasteiger partial charge in [-0.15, -0.1) is 0 Å². The van der Waals surface area contributed by atoms with Crippen LogP contribution in [0.4, 0.5) is 18.9 Å². The normalized spacial score (nSPS) is 11.2. The van der Waals surface area contributed by atoms with Crippen molar-refractivity contribution in [3.63, 3.8) is 0 Å². The Bertz CT molecular complexity index is 1960. The van der Waals surface area contributed by atoms with Crippen LogP contribution in [0.1, 0.15) is 66.1 Å². The van der Waals surface area contributed by atoms with Gasteiger partial charge in [0, 0.05) is 55.8 Å². The summed E-state index contributed by atoms with van der Waals surface area (Å²) in [5, 5.41) is 18.8. The molecular formula is C31H32Br4F3N9O6S. The molecule has 0 aliphatic heterocycles. The number of nitrogens with zero attached hydrogens (tertiary/aromatic N) is 6. The second-order valence-corrected chi connectivity index (χ2v) is 16.2. The number of nitriles is 1. The highest BCUT2D eigenvalue weighted by Gasteiger charge is 2.23. The third-order valence-electron chi connectivity index (χ3n) is 5.42. The van der Waals surface area contributed by atoms with Crippen molar-refractivity contribution in [3.8, 4) is 6.07 Å². The molecule has 292 valence electrons. The van der Waals surface area contributed by atoms with E-state index < -0.39 is 45.3 Å². The molecule has 4 aromatic rings. The van der Waals surface area contributed by atoms with E-state index in [0.717, 1.165) is 6.07 Å². The van der Waals surface area contributed by atoms with Gasteiger partial charge in [0.25, 0.3) is 5.91 Å². The first-order chi connectivity index (χ1) is 25.1. The van der Waals surface area contributed by atoms with Gasteiger partial charge in [-0.3, -0.25) is 24.7 Å². The quantitative estimate of drug-likeness (QED) is 0.0937. The maximum absolute atomic E-state index is 13.6. The Morgan fingerprint density at radius 1 is 0.963 bits per heavy atom. The van der Waals surface area contributed by atoms with Crippen LogP contribution in [-0.2, 0) is 15.8 Å². The number of primary amides is 1. The molecule has 0 bridgehead atoms.